The molecule has 5 heteroatoms. The molecular formula is C12H16N2O2S. The van der Waals surface area contributed by atoms with E-state index in [2.05, 4.69) is 17.2 Å². The van der Waals surface area contributed by atoms with Gasteiger partial charge >= 0.3 is 0 Å². The Morgan fingerprint density at radius 1 is 1.71 bits per heavy atom. The van der Waals surface area contributed by atoms with Crippen LogP contribution in [-0.4, -0.2) is 25.7 Å². The van der Waals surface area contributed by atoms with Gasteiger partial charge in [0.05, 0.1) is 13.1 Å². The van der Waals surface area contributed by atoms with Crippen LogP contribution >= 0.6 is 11.3 Å². The molecule has 17 heavy (non-hydrogen) atoms. The first-order chi connectivity index (χ1) is 8.17. The van der Waals surface area contributed by atoms with Gasteiger partial charge in [-0.3, -0.25) is 4.79 Å². The predicted octanol–water partition coefficient (Wildman–Crippen LogP) is 0.709. The number of nitrogens with two attached hydrogens (primary N) is 1. The van der Waals surface area contributed by atoms with Gasteiger partial charge in [0.2, 0.25) is 5.91 Å². The first kappa shape index (κ1) is 13.7. The number of nitrogens with one attached hydrogen (secondary N) is 1. The summed E-state index contributed by atoms with van der Waals surface area (Å²) in [4.78, 5) is 12.5. The van der Waals surface area contributed by atoms with E-state index in [0.29, 0.717) is 13.1 Å². The molecule has 0 spiro atoms. The zero-order chi connectivity index (χ0) is 12.7. The average molecular weight is 252 g/mol. The van der Waals surface area contributed by atoms with Crippen LogP contribution in [0, 0.1) is 11.8 Å². The molecule has 1 unspecified atom stereocenters. The Kier molecular flexibility index (Phi) is 5.70. The Morgan fingerprint density at radius 3 is 3.12 bits per heavy atom. The molecule has 0 fully saturated rings. The molecule has 92 valence electrons. The van der Waals surface area contributed by atoms with Crippen molar-refractivity contribution in [1.82, 2.24) is 5.32 Å². The lowest BCUT2D eigenvalue weighted by Gasteiger charge is -2.08. The number of carbonyl (C=O) groups excluding carboxylic acids is 1. The molecule has 0 saturated carbocycles. The first-order valence-corrected chi connectivity index (χ1v) is 6.12. The van der Waals surface area contributed by atoms with Gasteiger partial charge in [-0.25, -0.2) is 0 Å². The van der Waals surface area contributed by atoms with Crippen molar-refractivity contribution in [1.29, 1.82) is 0 Å². The monoisotopic (exact) mass is 252 g/mol. The molecule has 1 rings (SSSR count). The summed E-state index contributed by atoms with van der Waals surface area (Å²) in [5, 5.41) is 4.74. The van der Waals surface area contributed by atoms with E-state index < -0.39 is 6.10 Å². The number of rotatable bonds is 4. The summed E-state index contributed by atoms with van der Waals surface area (Å²) in [5.74, 6) is 5.62. The van der Waals surface area contributed by atoms with Crippen LogP contribution in [0.3, 0.4) is 0 Å². The molecule has 1 amide bonds. The van der Waals surface area contributed by atoms with E-state index in [9.17, 15) is 4.79 Å². The molecule has 0 saturated heterocycles. The Hall–Kier alpha value is -1.35. The number of hydrogen-bond donors (Lipinski definition) is 2. The van der Waals surface area contributed by atoms with Gasteiger partial charge in [-0.05, 0) is 13.0 Å². The van der Waals surface area contributed by atoms with Gasteiger partial charge in [-0.1, -0.05) is 11.8 Å². The molecule has 0 aliphatic rings. The third kappa shape index (κ3) is 4.57. The van der Waals surface area contributed by atoms with Crippen LogP contribution in [0.1, 0.15) is 17.4 Å². The van der Waals surface area contributed by atoms with Crippen molar-refractivity contribution in [3.63, 3.8) is 0 Å². The van der Waals surface area contributed by atoms with E-state index in [1.807, 2.05) is 11.4 Å². The number of amides is 1. The van der Waals surface area contributed by atoms with Crippen molar-refractivity contribution < 1.29 is 9.53 Å². The summed E-state index contributed by atoms with van der Waals surface area (Å²) >= 11 is 1.56. The third-order valence-corrected chi connectivity index (χ3v) is 3.08. The van der Waals surface area contributed by atoms with Crippen molar-refractivity contribution >= 4 is 17.2 Å². The predicted molar refractivity (Wildman–Crippen MR) is 68.6 cm³/mol. The van der Waals surface area contributed by atoms with Crippen molar-refractivity contribution in [2.45, 2.75) is 19.6 Å². The van der Waals surface area contributed by atoms with Crippen molar-refractivity contribution in [2.24, 2.45) is 5.73 Å². The Morgan fingerprint density at radius 2 is 2.47 bits per heavy atom. The minimum Gasteiger partial charge on any atom is -0.372 e. The Balaban J connectivity index is 2.47. The number of carbonyl (C=O) groups is 1. The highest BCUT2D eigenvalue weighted by molar-refractivity contribution is 7.10. The molecular weight excluding hydrogens is 236 g/mol. The molecule has 1 atom stereocenters. The molecule has 0 radical (unpaired) electrons. The van der Waals surface area contributed by atoms with E-state index >= 15 is 0 Å². The lowest BCUT2D eigenvalue weighted by Crippen LogP contribution is -2.33. The summed E-state index contributed by atoms with van der Waals surface area (Å²) in [6.45, 7) is 2.57. The summed E-state index contributed by atoms with van der Waals surface area (Å²) < 4.78 is 4.91. The maximum atomic E-state index is 11.5. The molecule has 1 aromatic rings. The van der Waals surface area contributed by atoms with E-state index in [-0.39, 0.29) is 5.91 Å². The second kappa shape index (κ2) is 7.07. The quantitative estimate of drug-likeness (QED) is 0.776. The maximum Gasteiger partial charge on any atom is 0.249 e. The molecule has 3 N–H and O–H groups in total. The molecule has 0 aromatic carbocycles. The van der Waals surface area contributed by atoms with Gasteiger partial charge in [-0.15, -0.1) is 11.3 Å². The Labute approximate surface area is 105 Å². The zero-order valence-electron chi connectivity index (χ0n) is 9.95. The summed E-state index contributed by atoms with van der Waals surface area (Å²) in [6, 6.07) is 1.95. The zero-order valence-corrected chi connectivity index (χ0v) is 10.8. The highest BCUT2D eigenvalue weighted by Gasteiger charge is 2.10. The fourth-order valence-corrected chi connectivity index (χ4v) is 1.87. The van der Waals surface area contributed by atoms with Crippen LogP contribution in [0.15, 0.2) is 11.4 Å². The number of hydrogen-bond acceptors (Lipinski definition) is 4. The standard InChI is InChI=1S/C12H16N2O2S/c1-9(16-2)12(15)14-7-11-6-10(8-17-11)4-3-5-13/h6,8-9H,5,7,13H2,1-2H3,(H,14,15). The van der Waals surface area contributed by atoms with E-state index in [1.54, 1.807) is 18.3 Å². The summed E-state index contributed by atoms with van der Waals surface area (Å²) in [5.41, 5.74) is 6.22. The molecule has 0 aliphatic carbocycles. The van der Waals surface area contributed by atoms with E-state index in [4.69, 9.17) is 10.5 Å². The van der Waals surface area contributed by atoms with Gasteiger partial charge in [0.1, 0.15) is 6.10 Å². The molecule has 1 aromatic heterocycles. The van der Waals surface area contributed by atoms with Gasteiger partial charge in [0, 0.05) is 22.9 Å². The van der Waals surface area contributed by atoms with E-state index in [0.717, 1.165) is 10.4 Å². The van der Waals surface area contributed by atoms with Crippen LogP contribution in [0.25, 0.3) is 0 Å². The van der Waals surface area contributed by atoms with Crippen molar-refractivity contribution in [3.8, 4) is 11.8 Å². The van der Waals surface area contributed by atoms with Gasteiger partial charge < -0.3 is 15.8 Å². The van der Waals surface area contributed by atoms with Gasteiger partial charge in [0.25, 0.3) is 0 Å². The molecule has 4 nitrogen and oxygen atoms in total. The SMILES string of the molecule is COC(C)C(=O)NCc1cc(C#CCN)cs1. The van der Waals surface area contributed by atoms with Gasteiger partial charge in [-0.2, -0.15) is 0 Å². The van der Waals surface area contributed by atoms with Crippen molar-refractivity contribution in [3.05, 3.63) is 21.9 Å². The largest absolute Gasteiger partial charge is 0.372 e. The second-order valence-electron chi connectivity index (χ2n) is 3.40. The molecule has 0 bridgehead atoms. The van der Waals surface area contributed by atoms with Crippen LogP contribution in [0.4, 0.5) is 0 Å². The lowest BCUT2D eigenvalue weighted by molar-refractivity contribution is -0.130. The fourth-order valence-electron chi connectivity index (χ4n) is 1.12. The van der Waals surface area contributed by atoms with Crippen LogP contribution in [0.2, 0.25) is 0 Å². The number of methoxy groups -OCH3 is 1. The van der Waals surface area contributed by atoms with Gasteiger partial charge in [0.15, 0.2) is 0 Å². The topological polar surface area (TPSA) is 64.3 Å². The normalized spacial score (nSPS) is 11.5. The summed E-state index contributed by atoms with van der Waals surface area (Å²) in [7, 11) is 1.51. The summed E-state index contributed by atoms with van der Waals surface area (Å²) in [6.07, 6.45) is -0.425. The first-order valence-electron chi connectivity index (χ1n) is 5.24. The third-order valence-electron chi connectivity index (χ3n) is 2.15. The second-order valence-corrected chi connectivity index (χ2v) is 4.40. The van der Waals surface area contributed by atoms with Crippen LogP contribution in [-0.2, 0) is 16.1 Å². The van der Waals surface area contributed by atoms with Crippen LogP contribution < -0.4 is 11.1 Å². The number of thiophene rings is 1. The lowest BCUT2D eigenvalue weighted by atomic mass is 10.3. The highest BCUT2D eigenvalue weighted by atomic mass is 32.1. The fraction of sp³-hybridized carbons (Fsp3) is 0.417. The van der Waals surface area contributed by atoms with Crippen LogP contribution in [0.5, 0.6) is 0 Å². The Bertz CT molecular complexity index is 431. The maximum absolute atomic E-state index is 11.5. The van der Waals surface area contributed by atoms with Crippen molar-refractivity contribution in [2.75, 3.05) is 13.7 Å². The molecule has 1 heterocycles. The smallest absolute Gasteiger partial charge is 0.249 e. The van der Waals surface area contributed by atoms with E-state index in [1.165, 1.54) is 7.11 Å². The molecule has 0 aliphatic heterocycles. The highest BCUT2D eigenvalue weighted by Crippen LogP contribution is 2.13. The minimum absolute atomic E-state index is 0.115. The number of ether oxygens (including phenoxy) is 1. The average Bonchev–Trinajstić information content (AvgIpc) is 2.80. The minimum atomic E-state index is -0.425.